The first-order valence-corrected chi connectivity index (χ1v) is 8.82. The van der Waals surface area contributed by atoms with Crippen LogP contribution in [-0.2, 0) is 9.53 Å². The van der Waals surface area contributed by atoms with Crippen molar-refractivity contribution in [2.75, 3.05) is 0 Å². The SMILES string of the molecule is C[C@]12CCC3C(C1CCC2=O)[C@@H]1O[C@@]12C[C@@H](O)CC[C@]32C. The highest BCUT2D eigenvalue weighted by Crippen LogP contribution is 2.77. The van der Waals surface area contributed by atoms with Gasteiger partial charge in [-0.15, -0.1) is 0 Å². The maximum atomic E-state index is 12.4. The van der Waals surface area contributed by atoms with Crippen molar-refractivity contribution >= 4 is 5.78 Å². The molecule has 0 bridgehead atoms. The topological polar surface area (TPSA) is 49.8 Å². The average Bonchev–Trinajstić information content (AvgIpc) is 3.01. The molecule has 8 atom stereocenters. The zero-order chi connectivity index (χ0) is 14.6. The maximum Gasteiger partial charge on any atom is 0.139 e. The van der Waals surface area contributed by atoms with Crippen LogP contribution in [0.1, 0.15) is 58.8 Å². The predicted molar refractivity (Wildman–Crippen MR) is 77.6 cm³/mol. The van der Waals surface area contributed by atoms with Gasteiger partial charge in [0.1, 0.15) is 11.4 Å². The Morgan fingerprint density at radius 3 is 2.76 bits per heavy atom. The van der Waals surface area contributed by atoms with E-state index in [1.165, 1.54) is 6.42 Å². The molecule has 1 saturated heterocycles. The summed E-state index contributed by atoms with van der Waals surface area (Å²) in [7, 11) is 0. The number of ether oxygens (including phenoxy) is 1. The molecule has 3 unspecified atom stereocenters. The van der Waals surface area contributed by atoms with Crippen LogP contribution in [0.3, 0.4) is 0 Å². The van der Waals surface area contributed by atoms with Gasteiger partial charge >= 0.3 is 0 Å². The molecule has 0 radical (unpaired) electrons. The van der Waals surface area contributed by atoms with Crippen molar-refractivity contribution < 1.29 is 14.6 Å². The number of hydrogen-bond acceptors (Lipinski definition) is 3. The zero-order valence-electron chi connectivity index (χ0n) is 13.1. The van der Waals surface area contributed by atoms with Crippen molar-refractivity contribution in [3.05, 3.63) is 0 Å². The average molecular weight is 290 g/mol. The van der Waals surface area contributed by atoms with Gasteiger partial charge in [0.05, 0.1) is 12.2 Å². The Balaban J connectivity index is 1.57. The lowest BCUT2D eigenvalue weighted by Gasteiger charge is -2.50. The van der Waals surface area contributed by atoms with Crippen LogP contribution in [0, 0.1) is 28.6 Å². The Kier molecular flexibility index (Phi) is 2.22. The van der Waals surface area contributed by atoms with Gasteiger partial charge in [-0.3, -0.25) is 4.79 Å². The fourth-order valence-corrected chi connectivity index (χ4v) is 7.20. The van der Waals surface area contributed by atoms with Crippen LogP contribution in [0.15, 0.2) is 0 Å². The number of Topliss-reactive ketones (excluding diaryl/α,β-unsaturated/α-hetero) is 1. The van der Waals surface area contributed by atoms with Crippen molar-refractivity contribution in [2.45, 2.75) is 76.6 Å². The van der Waals surface area contributed by atoms with Crippen LogP contribution in [-0.4, -0.2) is 28.7 Å². The molecule has 1 heterocycles. The Bertz CT molecular complexity index is 531. The van der Waals surface area contributed by atoms with Gasteiger partial charge in [0.25, 0.3) is 0 Å². The molecule has 5 rings (SSSR count). The second-order valence-electron chi connectivity index (χ2n) is 8.95. The summed E-state index contributed by atoms with van der Waals surface area (Å²) in [5, 5.41) is 10.1. The minimum absolute atomic E-state index is 0.0448. The van der Waals surface area contributed by atoms with Crippen LogP contribution in [0.4, 0.5) is 0 Å². The van der Waals surface area contributed by atoms with E-state index in [1.54, 1.807) is 0 Å². The molecule has 1 N–H and O–H groups in total. The summed E-state index contributed by atoms with van der Waals surface area (Å²) < 4.78 is 6.30. The number of aliphatic hydroxyl groups is 1. The lowest BCUT2D eigenvalue weighted by molar-refractivity contribution is -0.134. The number of hydrogen-bond donors (Lipinski definition) is 1. The molecule has 5 fully saturated rings. The third-order valence-corrected chi connectivity index (χ3v) is 8.45. The number of rotatable bonds is 0. The first-order valence-electron chi connectivity index (χ1n) is 8.82. The van der Waals surface area contributed by atoms with E-state index in [9.17, 15) is 9.90 Å². The monoisotopic (exact) mass is 290 g/mol. The van der Waals surface area contributed by atoms with Gasteiger partial charge in [0.2, 0.25) is 0 Å². The fourth-order valence-electron chi connectivity index (χ4n) is 7.20. The highest BCUT2D eigenvalue weighted by Gasteiger charge is 2.81. The molecule has 5 aliphatic rings. The first kappa shape index (κ1) is 13.1. The van der Waals surface area contributed by atoms with Gasteiger partial charge in [-0.05, 0) is 49.9 Å². The highest BCUT2D eigenvalue weighted by atomic mass is 16.6. The lowest BCUT2D eigenvalue weighted by Crippen LogP contribution is -2.49. The Labute approximate surface area is 126 Å². The molecule has 1 spiro atoms. The van der Waals surface area contributed by atoms with E-state index in [2.05, 4.69) is 13.8 Å². The van der Waals surface area contributed by atoms with Crippen LogP contribution in [0.2, 0.25) is 0 Å². The van der Waals surface area contributed by atoms with Gasteiger partial charge < -0.3 is 9.84 Å². The second kappa shape index (κ2) is 3.56. The predicted octanol–water partition coefficient (Wildman–Crippen LogP) is 2.70. The van der Waals surface area contributed by atoms with E-state index in [1.807, 2.05) is 0 Å². The summed E-state index contributed by atoms with van der Waals surface area (Å²) in [6.45, 7) is 4.64. The normalized spacial score (nSPS) is 64.5. The molecule has 21 heavy (non-hydrogen) atoms. The van der Waals surface area contributed by atoms with Crippen LogP contribution >= 0.6 is 0 Å². The van der Waals surface area contributed by atoms with E-state index in [-0.39, 0.29) is 22.5 Å². The van der Waals surface area contributed by atoms with E-state index < -0.39 is 0 Å². The Morgan fingerprint density at radius 2 is 1.95 bits per heavy atom. The number of aliphatic hydroxyl groups excluding tert-OH is 1. The molecular formula is C18H26O3. The second-order valence-corrected chi connectivity index (χ2v) is 8.95. The van der Waals surface area contributed by atoms with Crippen molar-refractivity contribution in [3.8, 4) is 0 Å². The third-order valence-electron chi connectivity index (χ3n) is 8.45. The molecule has 0 amide bonds. The molecule has 0 aromatic carbocycles. The highest BCUT2D eigenvalue weighted by molar-refractivity contribution is 5.87. The number of fused-ring (bicyclic) bond motifs is 5. The number of carbonyl (C=O) groups excluding carboxylic acids is 1. The van der Waals surface area contributed by atoms with Crippen molar-refractivity contribution in [2.24, 2.45) is 28.6 Å². The molecular weight excluding hydrogens is 264 g/mol. The summed E-state index contributed by atoms with van der Waals surface area (Å²) in [6, 6.07) is 0. The summed E-state index contributed by atoms with van der Waals surface area (Å²) in [4.78, 5) is 12.4. The molecule has 3 nitrogen and oxygen atoms in total. The Morgan fingerprint density at radius 1 is 1.14 bits per heavy atom. The third kappa shape index (κ3) is 1.25. The number of ketones is 1. The molecule has 0 aromatic rings. The maximum absolute atomic E-state index is 12.4. The van der Waals surface area contributed by atoms with Gasteiger partial charge in [-0.1, -0.05) is 13.8 Å². The zero-order valence-corrected chi connectivity index (χ0v) is 13.1. The molecule has 3 heteroatoms. The van der Waals surface area contributed by atoms with E-state index in [0.717, 1.165) is 38.5 Å². The van der Waals surface area contributed by atoms with E-state index in [4.69, 9.17) is 4.74 Å². The van der Waals surface area contributed by atoms with Crippen LogP contribution < -0.4 is 0 Å². The summed E-state index contributed by atoms with van der Waals surface area (Å²) in [5.74, 6) is 2.33. The van der Waals surface area contributed by atoms with Crippen LogP contribution in [0.25, 0.3) is 0 Å². The van der Waals surface area contributed by atoms with Gasteiger partial charge in [-0.2, -0.15) is 0 Å². The van der Waals surface area contributed by atoms with Crippen LogP contribution in [0.5, 0.6) is 0 Å². The molecule has 116 valence electrons. The first-order chi connectivity index (χ1) is 9.92. The molecule has 4 aliphatic carbocycles. The van der Waals surface area contributed by atoms with Gasteiger partial charge in [-0.25, -0.2) is 0 Å². The van der Waals surface area contributed by atoms with Crippen molar-refractivity contribution in [1.82, 2.24) is 0 Å². The molecule has 1 aliphatic heterocycles. The Hall–Kier alpha value is -0.410. The van der Waals surface area contributed by atoms with E-state index in [0.29, 0.717) is 29.6 Å². The number of epoxide rings is 1. The lowest BCUT2D eigenvalue weighted by atomic mass is 9.55. The summed E-state index contributed by atoms with van der Waals surface area (Å²) in [6.07, 6.45) is 7.14. The summed E-state index contributed by atoms with van der Waals surface area (Å²) >= 11 is 0. The van der Waals surface area contributed by atoms with E-state index >= 15 is 0 Å². The summed E-state index contributed by atoms with van der Waals surface area (Å²) in [5.41, 5.74) is 0.127. The largest absolute Gasteiger partial charge is 0.393 e. The smallest absolute Gasteiger partial charge is 0.139 e. The van der Waals surface area contributed by atoms with Crippen molar-refractivity contribution in [3.63, 3.8) is 0 Å². The fraction of sp³-hybridized carbons (Fsp3) is 0.944. The van der Waals surface area contributed by atoms with Crippen molar-refractivity contribution in [1.29, 1.82) is 0 Å². The number of carbonyl (C=O) groups is 1. The van der Waals surface area contributed by atoms with Gasteiger partial charge in [0.15, 0.2) is 0 Å². The molecule has 0 aromatic heterocycles. The quantitative estimate of drug-likeness (QED) is 0.698. The minimum Gasteiger partial charge on any atom is -0.393 e. The molecule has 4 saturated carbocycles. The minimum atomic E-state index is -0.181. The standard InChI is InChI=1S/C18H26O3/c1-16-7-6-12-14(11(16)3-4-13(16)20)15-18(21-15)9-10(19)5-8-17(12,18)2/h10-12,14-15,19H,3-9H2,1-2H3/t10-,11?,12?,14?,15-,16-,17+,18-/m0/s1. The van der Waals surface area contributed by atoms with Gasteiger partial charge in [0, 0.05) is 23.7 Å².